The van der Waals surface area contributed by atoms with Crippen molar-refractivity contribution < 1.29 is 38.2 Å². The lowest BCUT2D eigenvalue weighted by molar-refractivity contribution is -0.167. The van der Waals surface area contributed by atoms with Crippen LogP contribution in [0.25, 0.3) is 0 Å². The molecule has 0 radical (unpaired) electrons. The van der Waals surface area contributed by atoms with Crippen molar-refractivity contribution in [1.82, 2.24) is 9.55 Å². The maximum atomic E-state index is 13.6. The summed E-state index contributed by atoms with van der Waals surface area (Å²) in [6, 6.07) is 2.54. The molecule has 0 spiro atoms. The maximum absolute atomic E-state index is 13.6. The molecule has 0 amide bonds. The standard InChI is InChI=1S/C11H14FN4O8P/c12-3-10(5-23-25(20,21)22)7(17)8(18)11(4-13,24-10)16-2-1-6(14)15-9(16)19/h1-2,7-8,17-18H,3,5H2,(H2,14,15,19)(H2,20,21,22)/t7-,8+,10+,11+/m0/s1. The van der Waals surface area contributed by atoms with Crippen molar-refractivity contribution in [1.29, 1.82) is 5.26 Å². The molecule has 1 aliphatic rings. The molecule has 2 heterocycles. The van der Waals surface area contributed by atoms with Gasteiger partial charge in [0.05, 0.1) is 6.61 Å². The van der Waals surface area contributed by atoms with Crippen LogP contribution in [0.15, 0.2) is 17.1 Å². The predicted octanol–water partition coefficient (Wildman–Crippen LogP) is -2.43. The molecule has 4 atom stereocenters. The van der Waals surface area contributed by atoms with Crippen molar-refractivity contribution in [2.75, 3.05) is 19.0 Å². The fraction of sp³-hybridized carbons (Fsp3) is 0.545. The Balaban J connectivity index is 2.53. The van der Waals surface area contributed by atoms with Crippen LogP contribution >= 0.6 is 7.82 Å². The van der Waals surface area contributed by atoms with E-state index in [-0.39, 0.29) is 5.82 Å². The van der Waals surface area contributed by atoms with E-state index in [0.717, 1.165) is 12.3 Å². The number of aromatic nitrogens is 2. The van der Waals surface area contributed by atoms with E-state index in [9.17, 15) is 29.2 Å². The van der Waals surface area contributed by atoms with Gasteiger partial charge < -0.3 is 30.5 Å². The van der Waals surface area contributed by atoms with Gasteiger partial charge in [-0.05, 0) is 6.07 Å². The summed E-state index contributed by atoms with van der Waals surface area (Å²) in [5.41, 5.74) is -0.960. The van der Waals surface area contributed by atoms with Crippen LogP contribution in [-0.4, -0.2) is 60.6 Å². The topological polar surface area (TPSA) is 201 Å². The smallest absolute Gasteiger partial charge is 0.387 e. The summed E-state index contributed by atoms with van der Waals surface area (Å²) >= 11 is 0. The highest BCUT2D eigenvalue weighted by Crippen LogP contribution is 2.45. The van der Waals surface area contributed by atoms with Crippen molar-refractivity contribution in [3.8, 4) is 6.07 Å². The third-order valence-corrected chi connectivity index (χ3v) is 4.11. The minimum atomic E-state index is -5.08. The number of aliphatic hydroxyl groups is 2. The monoisotopic (exact) mass is 380 g/mol. The van der Waals surface area contributed by atoms with E-state index in [4.69, 9.17) is 20.3 Å². The molecule has 25 heavy (non-hydrogen) atoms. The number of aliphatic hydroxyl groups excluding tert-OH is 2. The number of nitriles is 1. The lowest BCUT2D eigenvalue weighted by atomic mass is 9.95. The highest BCUT2D eigenvalue weighted by molar-refractivity contribution is 7.46. The van der Waals surface area contributed by atoms with E-state index in [2.05, 4.69) is 9.51 Å². The van der Waals surface area contributed by atoms with Crippen LogP contribution in [0, 0.1) is 11.3 Å². The van der Waals surface area contributed by atoms with E-state index in [1.54, 1.807) is 0 Å². The summed E-state index contributed by atoms with van der Waals surface area (Å²) in [6.07, 6.45) is -3.40. The molecule has 0 bridgehead atoms. The normalized spacial score (nSPS) is 32.5. The Kier molecular flexibility index (Phi) is 4.99. The number of anilines is 1. The van der Waals surface area contributed by atoms with E-state index in [1.165, 1.54) is 6.07 Å². The summed E-state index contributed by atoms with van der Waals surface area (Å²) < 4.78 is 34.1. The maximum Gasteiger partial charge on any atom is 0.469 e. The zero-order chi connectivity index (χ0) is 19.0. The molecule has 14 heteroatoms. The van der Waals surface area contributed by atoms with Gasteiger partial charge in [0.25, 0.3) is 5.72 Å². The molecule has 1 fully saturated rings. The summed E-state index contributed by atoms with van der Waals surface area (Å²) in [7, 11) is -5.08. The van der Waals surface area contributed by atoms with Crippen molar-refractivity contribution in [2.24, 2.45) is 0 Å². The Morgan fingerprint density at radius 1 is 1.52 bits per heavy atom. The number of nitrogens with zero attached hydrogens (tertiary/aromatic N) is 3. The fourth-order valence-corrected chi connectivity index (χ4v) is 2.78. The Bertz CT molecular complexity index is 808. The first-order valence-corrected chi connectivity index (χ1v) is 8.13. The van der Waals surface area contributed by atoms with Crippen LogP contribution in [0.3, 0.4) is 0 Å². The van der Waals surface area contributed by atoms with Gasteiger partial charge in [-0.25, -0.2) is 13.8 Å². The lowest BCUT2D eigenvalue weighted by Crippen LogP contribution is -2.49. The molecule has 0 unspecified atom stereocenters. The van der Waals surface area contributed by atoms with Gasteiger partial charge in [0.1, 0.15) is 30.8 Å². The zero-order valence-electron chi connectivity index (χ0n) is 12.4. The van der Waals surface area contributed by atoms with Gasteiger partial charge in [0.15, 0.2) is 5.60 Å². The number of phosphoric acid groups is 1. The third-order valence-electron chi connectivity index (χ3n) is 3.64. The molecule has 12 nitrogen and oxygen atoms in total. The van der Waals surface area contributed by atoms with Crippen LogP contribution in [0.2, 0.25) is 0 Å². The first kappa shape index (κ1) is 19.4. The molecule has 2 rings (SSSR count). The molecule has 1 aliphatic heterocycles. The highest BCUT2D eigenvalue weighted by Gasteiger charge is 2.65. The molecule has 0 aliphatic carbocycles. The van der Waals surface area contributed by atoms with Crippen molar-refractivity contribution >= 4 is 13.6 Å². The average Bonchev–Trinajstić information content (AvgIpc) is 2.75. The molecular formula is C11H14FN4O8P. The van der Waals surface area contributed by atoms with Gasteiger partial charge >= 0.3 is 13.5 Å². The van der Waals surface area contributed by atoms with E-state index in [0.29, 0.717) is 4.57 Å². The third kappa shape index (κ3) is 3.29. The number of alkyl halides is 1. The van der Waals surface area contributed by atoms with Crippen LogP contribution < -0.4 is 11.4 Å². The molecule has 138 valence electrons. The second-order valence-electron chi connectivity index (χ2n) is 5.27. The predicted molar refractivity (Wildman–Crippen MR) is 76.3 cm³/mol. The van der Waals surface area contributed by atoms with Crippen molar-refractivity contribution in [3.63, 3.8) is 0 Å². The fourth-order valence-electron chi connectivity index (χ4n) is 2.39. The average molecular weight is 380 g/mol. The van der Waals surface area contributed by atoms with Gasteiger partial charge in [0, 0.05) is 6.20 Å². The summed E-state index contributed by atoms with van der Waals surface area (Å²) in [5, 5.41) is 29.8. The second-order valence-corrected chi connectivity index (χ2v) is 6.51. The first-order chi connectivity index (χ1) is 11.5. The van der Waals surface area contributed by atoms with Crippen molar-refractivity contribution in [2.45, 2.75) is 23.5 Å². The Morgan fingerprint density at radius 2 is 2.16 bits per heavy atom. The zero-order valence-corrected chi connectivity index (χ0v) is 13.3. The van der Waals surface area contributed by atoms with E-state index >= 15 is 0 Å². The number of nitrogen functional groups attached to an aromatic ring is 1. The number of rotatable bonds is 5. The van der Waals surface area contributed by atoms with Crippen LogP contribution in [0.1, 0.15) is 0 Å². The molecule has 1 aromatic heterocycles. The van der Waals surface area contributed by atoms with Crippen LogP contribution in [0.4, 0.5) is 10.2 Å². The SMILES string of the molecule is N#C[C@@]1(n2ccc(N)nc2=O)O[C@](CF)(COP(=O)(O)O)[C@@H](O)[C@H]1O. The summed E-state index contributed by atoms with van der Waals surface area (Å²) in [5.74, 6) is -0.205. The van der Waals surface area contributed by atoms with Crippen LogP contribution in [0.5, 0.6) is 0 Å². The van der Waals surface area contributed by atoms with Gasteiger partial charge in [-0.3, -0.25) is 9.09 Å². The first-order valence-electron chi connectivity index (χ1n) is 6.60. The van der Waals surface area contributed by atoms with E-state index in [1.807, 2.05) is 0 Å². The number of phosphoric ester groups is 1. The molecule has 0 aromatic carbocycles. The minimum absolute atomic E-state index is 0.205. The van der Waals surface area contributed by atoms with Gasteiger partial charge in [-0.1, -0.05) is 0 Å². The highest BCUT2D eigenvalue weighted by atomic mass is 31.2. The number of hydrogen-bond acceptors (Lipinski definition) is 9. The van der Waals surface area contributed by atoms with Crippen molar-refractivity contribution in [3.05, 3.63) is 22.7 Å². The van der Waals surface area contributed by atoms with Gasteiger partial charge in [-0.15, -0.1) is 0 Å². The summed E-state index contributed by atoms with van der Waals surface area (Å²) in [4.78, 5) is 32.8. The Labute approximate surface area is 139 Å². The van der Waals surface area contributed by atoms with Gasteiger partial charge in [0.2, 0.25) is 0 Å². The number of nitrogens with two attached hydrogens (primary N) is 1. The number of halogens is 1. The van der Waals surface area contributed by atoms with Gasteiger partial charge in [-0.2, -0.15) is 10.2 Å². The molecule has 6 N–H and O–H groups in total. The minimum Gasteiger partial charge on any atom is -0.387 e. The summed E-state index contributed by atoms with van der Waals surface area (Å²) in [6.45, 7) is -2.79. The molecular weight excluding hydrogens is 366 g/mol. The largest absolute Gasteiger partial charge is 0.469 e. The Hall–Kier alpha value is -1.91. The van der Waals surface area contributed by atoms with E-state index < -0.39 is 50.3 Å². The van der Waals surface area contributed by atoms with Crippen LogP contribution in [-0.2, 0) is 19.6 Å². The number of ether oxygens (including phenoxy) is 1. The quantitative estimate of drug-likeness (QED) is 0.340. The molecule has 0 saturated carbocycles. The number of hydrogen-bond donors (Lipinski definition) is 5. The molecule has 1 saturated heterocycles. The lowest BCUT2D eigenvalue weighted by Gasteiger charge is -2.30. The Morgan fingerprint density at radius 3 is 2.64 bits per heavy atom. The molecule has 1 aromatic rings. The second kappa shape index (κ2) is 6.43.